The van der Waals surface area contributed by atoms with E-state index in [-0.39, 0.29) is 0 Å². The molecule has 1 N–H and O–H groups in total. The fraction of sp³-hybridized carbons (Fsp3) is 0.214. The minimum Gasteiger partial charge on any atom is -0.313 e. The summed E-state index contributed by atoms with van der Waals surface area (Å²) < 4.78 is 2.08. The molecule has 0 aliphatic rings. The zero-order valence-corrected chi connectivity index (χ0v) is 11.0. The van der Waals surface area contributed by atoms with Gasteiger partial charge in [0.25, 0.3) is 0 Å². The number of imidazole rings is 1. The van der Waals surface area contributed by atoms with Crippen LogP contribution in [0.4, 0.5) is 0 Å². The lowest BCUT2D eigenvalue weighted by Crippen LogP contribution is -2.18. The SMILES string of the molecule is CNC(Cc1cn2ccsc2n1)c1ccccc1. The summed E-state index contributed by atoms with van der Waals surface area (Å²) in [4.78, 5) is 5.69. The lowest BCUT2D eigenvalue weighted by molar-refractivity contribution is 0.586. The van der Waals surface area contributed by atoms with Gasteiger partial charge < -0.3 is 5.32 Å². The summed E-state index contributed by atoms with van der Waals surface area (Å²) in [7, 11) is 2.00. The van der Waals surface area contributed by atoms with E-state index in [1.807, 2.05) is 19.3 Å². The predicted molar refractivity (Wildman–Crippen MR) is 75.0 cm³/mol. The second-order valence-electron chi connectivity index (χ2n) is 4.28. The molecule has 92 valence electrons. The summed E-state index contributed by atoms with van der Waals surface area (Å²) in [6.45, 7) is 0. The molecule has 0 radical (unpaired) electrons. The van der Waals surface area contributed by atoms with E-state index in [0.29, 0.717) is 6.04 Å². The number of thiazole rings is 1. The Hall–Kier alpha value is -1.65. The highest BCUT2D eigenvalue weighted by molar-refractivity contribution is 7.15. The summed E-state index contributed by atoms with van der Waals surface area (Å²) in [5.41, 5.74) is 2.43. The lowest BCUT2D eigenvalue weighted by atomic mass is 10.0. The Morgan fingerprint density at radius 2 is 2.17 bits per heavy atom. The Kier molecular flexibility index (Phi) is 3.13. The molecular formula is C14H15N3S. The zero-order valence-electron chi connectivity index (χ0n) is 10.2. The van der Waals surface area contributed by atoms with Gasteiger partial charge in [-0.15, -0.1) is 11.3 Å². The topological polar surface area (TPSA) is 29.3 Å². The highest BCUT2D eigenvalue weighted by atomic mass is 32.1. The molecule has 1 atom stereocenters. The molecule has 3 aromatic rings. The second-order valence-corrected chi connectivity index (χ2v) is 5.15. The van der Waals surface area contributed by atoms with Crippen LogP contribution in [0.1, 0.15) is 17.3 Å². The number of hydrogen-bond donors (Lipinski definition) is 1. The van der Waals surface area contributed by atoms with Crippen LogP contribution in [-0.4, -0.2) is 16.4 Å². The summed E-state index contributed by atoms with van der Waals surface area (Å²) in [5, 5.41) is 5.41. The second kappa shape index (κ2) is 4.92. The first-order valence-corrected chi connectivity index (χ1v) is 6.88. The molecule has 18 heavy (non-hydrogen) atoms. The first-order valence-electron chi connectivity index (χ1n) is 6.00. The molecule has 0 saturated heterocycles. The molecule has 0 spiro atoms. The minimum atomic E-state index is 0.316. The summed E-state index contributed by atoms with van der Waals surface area (Å²) in [6, 6.07) is 10.8. The van der Waals surface area contributed by atoms with Crippen LogP contribution in [0, 0.1) is 0 Å². The fourth-order valence-electron chi connectivity index (χ4n) is 2.16. The van der Waals surface area contributed by atoms with Gasteiger partial charge in [0.1, 0.15) is 0 Å². The minimum absolute atomic E-state index is 0.316. The fourth-order valence-corrected chi connectivity index (χ4v) is 2.87. The number of aromatic nitrogens is 2. The molecule has 0 bridgehead atoms. The van der Waals surface area contributed by atoms with Gasteiger partial charge >= 0.3 is 0 Å². The van der Waals surface area contributed by atoms with E-state index < -0.39 is 0 Å². The van der Waals surface area contributed by atoms with Crippen LogP contribution < -0.4 is 5.32 Å². The molecule has 0 saturated carbocycles. The molecule has 2 heterocycles. The van der Waals surface area contributed by atoms with Crippen LogP contribution in [0.3, 0.4) is 0 Å². The Morgan fingerprint density at radius 1 is 1.33 bits per heavy atom. The van der Waals surface area contributed by atoms with E-state index in [1.54, 1.807) is 11.3 Å². The van der Waals surface area contributed by atoms with E-state index in [9.17, 15) is 0 Å². The third kappa shape index (κ3) is 2.17. The Labute approximate surface area is 110 Å². The van der Waals surface area contributed by atoms with Gasteiger partial charge in [-0.2, -0.15) is 0 Å². The van der Waals surface area contributed by atoms with Crippen molar-refractivity contribution in [2.45, 2.75) is 12.5 Å². The van der Waals surface area contributed by atoms with Crippen LogP contribution in [0.25, 0.3) is 4.96 Å². The van der Waals surface area contributed by atoms with Crippen molar-refractivity contribution in [2.75, 3.05) is 7.05 Å². The van der Waals surface area contributed by atoms with Gasteiger partial charge in [0.2, 0.25) is 0 Å². The first kappa shape index (κ1) is 11.4. The molecule has 1 aromatic carbocycles. The van der Waals surface area contributed by atoms with Crippen LogP contribution >= 0.6 is 11.3 Å². The van der Waals surface area contributed by atoms with Crippen molar-refractivity contribution in [3.63, 3.8) is 0 Å². The van der Waals surface area contributed by atoms with E-state index >= 15 is 0 Å². The summed E-state index contributed by atoms with van der Waals surface area (Å²) in [5.74, 6) is 0. The van der Waals surface area contributed by atoms with Gasteiger partial charge in [0, 0.05) is 30.2 Å². The van der Waals surface area contributed by atoms with Gasteiger partial charge in [-0.1, -0.05) is 30.3 Å². The molecule has 1 unspecified atom stereocenters. The van der Waals surface area contributed by atoms with Crippen molar-refractivity contribution in [3.8, 4) is 0 Å². The van der Waals surface area contributed by atoms with Crippen molar-refractivity contribution < 1.29 is 0 Å². The maximum absolute atomic E-state index is 4.63. The van der Waals surface area contributed by atoms with E-state index in [0.717, 1.165) is 17.1 Å². The van der Waals surface area contributed by atoms with Crippen LogP contribution in [-0.2, 0) is 6.42 Å². The maximum Gasteiger partial charge on any atom is 0.193 e. The van der Waals surface area contributed by atoms with Crippen molar-refractivity contribution in [1.82, 2.24) is 14.7 Å². The lowest BCUT2D eigenvalue weighted by Gasteiger charge is -2.15. The molecule has 0 aliphatic carbocycles. The third-order valence-corrected chi connectivity index (χ3v) is 3.88. The van der Waals surface area contributed by atoms with Gasteiger partial charge in [0.05, 0.1) is 5.69 Å². The number of hydrogen-bond acceptors (Lipinski definition) is 3. The van der Waals surface area contributed by atoms with Crippen molar-refractivity contribution in [2.24, 2.45) is 0 Å². The first-order chi connectivity index (χ1) is 8.86. The smallest absolute Gasteiger partial charge is 0.193 e. The van der Waals surface area contributed by atoms with Crippen LogP contribution in [0.5, 0.6) is 0 Å². The van der Waals surface area contributed by atoms with Gasteiger partial charge in [0.15, 0.2) is 4.96 Å². The standard InChI is InChI=1S/C14H15N3S/c1-15-13(11-5-3-2-4-6-11)9-12-10-17-7-8-18-14(17)16-12/h2-8,10,13,15H,9H2,1H3. The van der Waals surface area contributed by atoms with Gasteiger partial charge in [-0.25, -0.2) is 4.98 Å². The zero-order chi connectivity index (χ0) is 12.4. The molecule has 0 fully saturated rings. The average molecular weight is 257 g/mol. The molecule has 3 nitrogen and oxygen atoms in total. The quantitative estimate of drug-likeness (QED) is 0.778. The van der Waals surface area contributed by atoms with E-state index in [1.165, 1.54) is 5.56 Å². The number of nitrogens with one attached hydrogen (secondary N) is 1. The normalized spacial score (nSPS) is 12.9. The summed E-state index contributed by atoms with van der Waals surface area (Å²) in [6.07, 6.45) is 5.07. The Bertz CT molecular complexity index is 598. The number of benzene rings is 1. The summed E-state index contributed by atoms with van der Waals surface area (Å²) >= 11 is 1.67. The van der Waals surface area contributed by atoms with E-state index in [4.69, 9.17) is 0 Å². The predicted octanol–water partition coefficient (Wildman–Crippen LogP) is 2.90. The highest BCUT2D eigenvalue weighted by Gasteiger charge is 2.12. The third-order valence-electron chi connectivity index (χ3n) is 3.11. The van der Waals surface area contributed by atoms with Crippen LogP contribution in [0.15, 0.2) is 48.1 Å². The van der Waals surface area contributed by atoms with Crippen molar-refractivity contribution in [1.29, 1.82) is 0 Å². The Balaban J connectivity index is 1.84. The maximum atomic E-state index is 4.63. The monoisotopic (exact) mass is 257 g/mol. The van der Waals surface area contributed by atoms with Crippen molar-refractivity contribution in [3.05, 3.63) is 59.4 Å². The van der Waals surface area contributed by atoms with Crippen molar-refractivity contribution >= 4 is 16.3 Å². The van der Waals surface area contributed by atoms with Crippen LogP contribution in [0.2, 0.25) is 0 Å². The number of nitrogens with zero attached hydrogens (tertiary/aromatic N) is 2. The molecular weight excluding hydrogens is 242 g/mol. The largest absolute Gasteiger partial charge is 0.313 e. The molecule has 3 rings (SSSR count). The van der Waals surface area contributed by atoms with E-state index in [2.05, 4.69) is 50.5 Å². The number of likely N-dealkylation sites (N-methyl/N-ethyl adjacent to an activating group) is 1. The van der Waals surface area contributed by atoms with Gasteiger partial charge in [-0.05, 0) is 12.6 Å². The number of rotatable bonds is 4. The van der Waals surface area contributed by atoms with Gasteiger partial charge in [-0.3, -0.25) is 4.40 Å². The Morgan fingerprint density at radius 3 is 2.89 bits per heavy atom. The average Bonchev–Trinajstić information content (AvgIpc) is 2.97. The molecule has 4 heteroatoms. The highest BCUT2D eigenvalue weighted by Crippen LogP contribution is 2.19. The molecule has 2 aromatic heterocycles. The molecule has 0 amide bonds. The number of fused-ring (bicyclic) bond motifs is 1. The molecule has 0 aliphatic heterocycles.